The molecule has 6 heteroatoms. The second kappa shape index (κ2) is 7.33. The van der Waals surface area contributed by atoms with Crippen molar-refractivity contribution in [3.8, 4) is 5.75 Å². The van der Waals surface area contributed by atoms with Crippen molar-refractivity contribution >= 4 is 17.5 Å². The fourth-order valence-electron chi connectivity index (χ4n) is 1.65. The summed E-state index contributed by atoms with van der Waals surface area (Å²) in [5, 5.41) is 12.8. The molecule has 0 fully saturated rings. The molecule has 0 saturated heterocycles. The molecule has 0 saturated carbocycles. The maximum absolute atomic E-state index is 12.0. The molecule has 0 aromatic heterocycles. The first-order valence-corrected chi connectivity index (χ1v) is 6.26. The number of aliphatic hydroxyl groups is 1. The third kappa shape index (κ3) is 5.06. The number of aliphatic hydroxyl groups excluding tert-OH is 1. The van der Waals surface area contributed by atoms with E-state index in [1.807, 2.05) is 19.0 Å². The maximum Gasteiger partial charge on any atom is 0.255 e. The van der Waals surface area contributed by atoms with Crippen LogP contribution < -0.4 is 10.1 Å². The number of halogens is 1. The van der Waals surface area contributed by atoms with Crippen LogP contribution in [0.15, 0.2) is 18.2 Å². The van der Waals surface area contributed by atoms with Crippen molar-refractivity contribution in [1.82, 2.24) is 10.2 Å². The van der Waals surface area contributed by atoms with Crippen molar-refractivity contribution in [2.75, 3.05) is 34.3 Å². The van der Waals surface area contributed by atoms with Gasteiger partial charge in [0.25, 0.3) is 5.91 Å². The number of hydrogen-bond donors (Lipinski definition) is 2. The summed E-state index contributed by atoms with van der Waals surface area (Å²) in [5.74, 6) is 0.126. The Morgan fingerprint density at radius 2 is 2.21 bits per heavy atom. The quantitative estimate of drug-likeness (QED) is 0.819. The average Bonchev–Trinajstić information content (AvgIpc) is 2.35. The van der Waals surface area contributed by atoms with Crippen LogP contribution in [0.3, 0.4) is 0 Å². The number of methoxy groups -OCH3 is 1. The Kier molecular flexibility index (Phi) is 6.08. The van der Waals surface area contributed by atoms with Gasteiger partial charge >= 0.3 is 0 Å². The van der Waals surface area contributed by atoms with Crippen LogP contribution in [0.1, 0.15) is 10.4 Å². The number of amides is 1. The zero-order chi connectivity index (χ0) is 14.4. The SMILES string of the molecule is COc1ccc(Cl)cc1C(=O)NCC(O)CN(C)C. The first kappa shape index (κ1) is 15.8. The molecule has 0 spiro atoms. The van der Waals surface area contributed by atoms with Crippen LogP contribution in [0.4, 0.5) is 0 Å². The minimum absolute atomic E-state index is 0.173. The summed E-state index contributed by atoms with van der Waals surface area (Å²) in [4.78, 5) is 13.8. The molecule has 0 bridgehead atoms. The maximum atomic E-state index is 12.0. The second-order valence-corrected chi connectivity index (χ2v) is 4.91. The molecule has 0 aliphatic rings. The van der Waals surface area contributed by atoms with E-state index in [1.54, 1.807) is 12.1 Å². The van der Waals surface area contributed by atoms with Crippen LogP contribution >= 0.6 is 11.6 Å². The summed E-state index contributed by atoms with van der Waals surface area (Å²) in [6.45, 7) is 0.652. The summed E-state index contributed by atoms with van der Waals surface area (Å²) >= 11 is 5.86. The first-order chi connectivity index (χ1) is 8.93. The third-order valence-corrected chi connectivity index (χ3v) is 2.72. The zero-order valence-electron chi connectivity index (χ0n) is 11.3. The van der Waals surface area contributed by atoms with E-state index in [0.29, 0.717) is 22.9 Å². The largest absolute Gasteiger partial charge is 0.496 e. The molecule has 106 valence electrons. The Labute approximate surface area is 118 Å². The highest BCUT2D eigenvalue weighted by atomic mass is 35.5. The number of likely N-dealkylation sites (N-methyl/N-ethyl adjacent to an activating group) is 1. The molecular weight excluding hydrogens is 268 g/mol. The van der Waals surface area contributed by atoms with Gasteiger partial charge in [-0.05, 0) is 32.3 Å². The topological polar surface area (TPSA) is 61.8 Å². The van der Waals surface area contributed by atoms with Crippen LogP contribution in [0.25, 0.3) is 0 Å². The highest BCUT2D eigenvalue weighted by Crippen LogP contribution is 2.22. The van der Waals surface area contributed by atoms with Crippen molar-refractivity contribution in [2.45, 2.75) is 6.10 Å². The second-order valence-electron chi connectivity index (χ2n) is 4.47. The summed E-state index contributed by atoms with van der Waals surface area (Å²) in [6.07, 6.45) is -0.621. The Morgan fingerprint density at radius 1 is 1.53 bits per heavy atom. The van der Waals surface area contributed by atoms with E-state index in [0.717, 1.165) is 0 Å². The van der Waals surface area contributed by atoms with E-state index in [9.17, 15) is 9.90 Å². The van der Waals surface area contributed by atoms with E-state index in [1.165, 1.54) is 13.2 Å². The van der Waals surface area contributed by atoms with Crippen molar-refractivity contribution in [3.05, 3.63) is 28.8 Å². The molecule has 0 aliphatic heterocycles. The first-order valence-electron chi connectivity index (χ1n) is 5.88. The number of carbonyl (C=O) groups excluding carboxylic acids is 1. The number of hydrogen-bond acceptors (Lipinski definition) is 4. The molecular formula is C13H19ClN2O3. The molecule has 1 atom stereocenters. The van der Waals surface area contributed by atoms with Crippen molar-refractivity contribution in [1.29, 1.82) is 0 Å². The summed E-state index contributed by atoms with van der Waals surface area (Å²) < 4.78 is 5.10. The predicted octanol–water partition coefficient (Wildman–Crippen LogP) is 1.00. The van der Waals surface area contributed by atoms with Gasteiger partial charge in [-0.3, -0.25) is 4.79 Å². The molecule has 1 aromatic carbocycles. The minimum Gasteiger partial charge on any atom is -0.496 e. The number of nitrogens with one attached hydrogen (secondary N) is 1. The molecule has 2 N–H and O–H groups in total. The number of benzene rings is 1. The zero-order valence-corrected chi connectivity index (χ0v) is 12.1. The molecule has 1 unspecified atom stereocenters. The van der Waals surface area contributed by atoms with Gasteiger partial charge in [-0.15, -0.1) is 0 Å². The smallest absolute Gasteiger partial charge is 0.255 e. The summed E-state index contributed by atoms with van der Waals surface area (Å²) in [7, 11) is 5.19. The van der Waals surface area contributed by atoms with Crippen molar-refractivity contribution in [2.24, 2.45) is 0 Å². The van der Waals surface area contributed by atoms with Crippen LogP contribution in [-0.4, -0.2) is 56.3 Å². The molecule has 1 amide bonds. The summed E-state index contributed by atoms with van der Waals surface area (Å²) in [5.41, 5.74) is 0.354. The van der Waals surface area contributed by atoms with Gasteiger partial charge in [0.2, 0.25) is 0 Å². The standard InChI is InChI=1S/C13H19ClN2O3/c1-16(2)8-10(17)7-15-13(18)11-6-9(14)4-5-12(11)19-3/h4-6,10,17H,7-8H2,1-3H3,(H,15,18). The van der Waals surface area contributed by atoms with Gasteiger partial charge in [-0.2, -0.15) is 0 Å². The number of ether oxygens (including phenoxy) is 1. The average molecular weight is 287 g/mol. The van der Waals surface area contributed by atoms with E-state index >= 15 is 0 Å². The summed E-state index contributed by atoms with van der Waals surface area (Å²) in [6, 6.07) is 4.82. The molecule has 1 aromatic rings. The molecule has 0 heterocycles. The van der Waals surface area contributed by atoms with Crippen LogP contribution in [0, 0.1) is 0 Å². The van der Waals surface area contributed by atoms with Gasteiger partial charge in [0, 0.05) is 18.1 Å². The van der Waals surface area contributed by atoms with E-state index < -0.39 is 6.10 Å². The number of rotatable bonds is 6. The highest BCUT2D eigenvalue weighted by molar-refractivity contribution is 6.31. The fourth-order valence-corrected chi connectivity index (χ4v) is 1.82. The van der Waals surface area contributed by atoms with Gasteiger partial charge in [0.1, 0.15) is 5.75 Å². The lowest BCUT2D eigenvalue weighted by atomic mass is 10.2. The van der Waals surface area contributed by atoms with Crippen LogP contribution in [-0.2, 0) is 0 Å². The van der Waals surface area contributed by atoms with Gasteiger partial charge in [-0.25, -0.2) is 0 Å². The van der Waals surface area contributed by atoms with Gasteiger partial charge < -0.3 is 20.1 Å². The Balaban J connectivity index is 2.65. The third-order valence-electron chi connectivity index (χ3n) is 2.48. The Hall–Kier alpha value is -1.30. The van der Waals surface area contributed by atoms with Crippen LogP contribution in [0.2, 0.25) is 5.02 Å². The monoisotopic (exact) mass is 286 g/mol. The van der Waals surface area contributed by atoms with E-state index in [2.05, 4.69) is 5.32 Å². The molecule has 5 nitrogen and oxygen atoms in total. The number of nitrogens with zero attached hydrogens (tertiary/aromatic N) is 1. The molecule has 0 radical (unpaired) electrons. The Morgan fingerprint density at radius 3 is 2.79 bits per heavy atom. The van der Waals surface area contributed by atoms with Crippen molar-refractivity contribution < 1.29 is 14.6 Å². The van der Waals surface area contributed by atoms with Gasteiger partial charge in [0.05, 0.1) is 18.8 Å². The lowest BCUT2D eigenvalue weighted by molar-refractivity contribution is 0.0889. The number of carbonyl (C=O) groups is 1. The minimum atomic E-state index is -0.621. The molecule has 0 aliphatic carbocycles. The predicted molar refractivity (Wildman–Crippen MR) is 74.9 cm³/mol. The van der Waals surface area contributed by atoms with Gasteiger partial charge in [0.15, 0.2) is 0 Å². The molecule has 1 rings (SSSR count). The normalized spacial score (nSPS) is 12.3. The highest BCUT2D eigenvalue weighted by Gasteiger charge is 2.14. The lowest BCUT2D eigenvalue weighted by Crippen LogP contribution is -2.37. The Bertz CT molecular complexity index is 438. The lowest BCUT2D eigenvalue weighted by Gasteiger charge is -2.17. The fraction of sp³-hybridized carbons (Fsp3) is 0.462. The van der Waals surface area contributed by atoms with Gasteiger partial charge in [-0.1, -0.05) is 11.6 Å². The van der Waals surface area contributed by atoms with E-state index in [-0.39, 0.29) is 12.5 Å². The molecule has 19 heavy (non-hydrogen) atoms. The van der Waals surface area contributed by atoms with Crippen molar-refractivity contribution in [3.63, 3.8) is 0 Å². The van der Waals surface area contributed by atoms with E-state index in [4.69, 9.17) is 16.3 Å². The van der Waals surface area contributed by atoms with Crippen LogP contribution in [0.5, 0.6) is 5.75 Å².